The predicted molar refractivity (Wildman–Crippen MR) is 50.8 cm³/mol. The van der Waals surface area contributed by atoms with E-state index in [0.29, 0.717) is 12.4 Å². The van der Waals surface area contributed by atoms with Gasteiger partial charge >= 0.3 is 0 Å². The number of rotatable bonds is 3. The van der Waals surface area contributed by atoms with Crippen molar-refractivity contribution in [3.05, 3.63) is 23.9 Å². The van der Waals surface area contributed by atoms with Gasteiger partial charge in [-0.05, 0) is 24.6 Å². The standard InChI is InChI=1S/C8H12N2O.ClH/c1-11-8-6-7(2-4-9)3-5-10-8;/h3,5-6H,2,4,9H2,1H3;1H. The van der Waals surface area contributed by atoms with Crippen molar-refractivity contribution in [2.24, 2.45) is 5.73 Å². The maximum absolute atomic E-state index is 5.39. The Morgan fingerprint density at radius 1 is 1.58 bits per heavy atom. The van der Waals surface area contributed by atoms with Gasteiger partial charge in [-0.1, -0.05) is 0 Å². The maximum atomic E-state index is 5.39. The summed E-state index contributed by atoms with van der Waals surface area (Å²) in [5.74, 6) is 0.649. The highest BCUT2D eigenvalue weighted by molar-refractivity contribution is 5.85. The van der Waals surface area contributed by atoms with Crippen LogP contribution in [0.4, 0.5) is 0 Å². The van der Waals surface area contributed by atoms with Gasteiger partial charge in [-0.25, -0.2) is 4.98 Å². The Morgan fingerprint density at radius 3 is 2.92 bits per heavy atom. The molecule has 0 fully saturated rings. The van der Waals surface area contributed by atoms with Gasteiger partial charge in [0.25, 0.3) is 0 Å². The molecule has 0 amide bonds. The van der Waals surface area contributed by atoms with Gasteiger partial charge in [0.05, 0.1) is 7.11 Å². The fourth-order valence-corrected chi connectivity index (χ4v) is 0.884. The zero-order valence-electron chi connectivity index (χ0n) is 6.99. The lowest BCUT2D eigenvalue weighted by Gasteiger charge is -2.00. The van der Waals surface area contributed by atoms with Crippen LogP contribution in [0.2, 0.25) is 0 Å². The number of ether oxygens (including phenoxy) is 1. The molecule has 0 saturated heterocycles. The Kier molecular flexibility index (Phi) is 5.41. The van der Waals surface area contributed by atoms with Crippen molar-refractivity contribution in [3.63, 3.8) is 0 Å². The van der Waals surface area contributed by atoms with E-state index in [-0.39, 0.29) is 12.4 Å². The lowest BCUT2D eigenvalue weighted by Crippen LogP contribution is -2.02. The van der Waals surface area contributed by atoms with Crippen LogP contribution >= 0.6 is 12.4 Å². The molecule has 0 aliphatic carbocycles. The van der Waals surface area contributed by atoms with Crippen LogP contribution in [0.1, 0.15) is 5.56 Å². The first-order valence-corrected chi connectivity index (χ1v) is 3.56. The number of hydrogen-bond donors (Lipinski definition) is 1. The average Bonchev–Trinajstić information content (AvgIpc) is 2.06. The first-order valence-electron chi connectivity index (χ1n) is 3.56. The van der Waals surface area contributed by atoms with E-state index in [1.165, 1.54) is 5.56 Å². The molecule has 1 rings (SSSR count). The molecule has 0 atom stereocenters. The molecule has 0 aliphatic rings. The van der Waals surface area contributed by atoms with Crippen LogP contribution in [-0.2, 0) is 6.42 Å². The van der Waals surface area contributed by atoms with Crippen LogP contribution in [0.5, 0.6) is 5.88 Å². The lowest BCUT2D eigenvalue weighted by atomic mass is 10.2. The summed E-state index contributed by atoms with van der Waals surface area (Å²) in [7, 11) is 1.61. The second kappa shape index (κ2) is 5.80. The van der Waals surface area contributed by atoms with Crippen molar-refractivity contribution in [3.8, 4) is 5.88 Å². The minimum Gasteiger partial charge on any atom is -0.481 e. The average molecular weight is 189 g/mol. The molecule has 0 spiro atoms. The number of methoxy groups -OCH3 is 1. The van der Waals surface area contributed by atoms with Crippen LogP contribution in [0.25, 0.3) is 0 Å². The summed E-state index contributed by atoms with van der Waals surface area (Å²) < 4.78 is 4.95. The van der Waals surface area contributed by atoms with Gasteiger partial charge in [0.15, 0.2) is 0 Å². The van der Waals surface area contributed by atoms with Crippen LogP contribution in [0.15, 0.2) is 18.3 Å². The molecule has 2 N–H and O–H groups in total. The summed E-state index contributed by atoms with van der Waals surface area (Å²) in [6, 6.07) is 3.84. The summed E-state index contributed by atoms with van der Waals surface area (Å²) in [5, 5.41) is 0. The second-order valence-electron chi connectivity index (χ2n) is 2.25. The molecule has 0 bridgehead atoms. The van der Waals surface area contributed by atoms with E-state index < -0.39 is 0 Å². The summed E-state index contributed by atoms with van der Waals surface area (Å²) in [6.45, 7) is 0.660. The number of pyridine rings is 1. The topological polar surface area (TPSA) is 48.1 Å². The number of nitrogens with two attached hydrogens (primary N) is 1. The van der Waals surface area contributed by atoms with E-state index in [0.717, 1.165) is 6.42 Å². The van der Waals surface area contributed by atoms with E-state index in [2.05, 4.69) is 4.98 Å². The third-order valence-electron chi connectivity index (χ3n) is 1.44. The van der Waals surface area contributed by atoms with Crippen molar-refractivity contribution in [1.29, 1.82) is 0 Å². The van der Waals surface area contributed by atoms with Gasteiger partial charge in [-0.2, -0.15) is 0 Å². The third kappa shape index (κ3) is 3.07. The minimum absolute atomic E-state index is 0. The molecule has 68 valence electrons. The van der Waals surface area contributed by atoms with E-state index in [1.807, 2.05) is 12.1 Å². The Bertz CT molecular complexity index is 230. The number of nitrogens with zero attached hydrogens (tertiary/aromatic N) is 1. The normalized spacial score (nSPS) is 8.83. The molecule has 0 saturated carbocycles. The molecule has 0 aliphatic heterocycles. The Hall–Kier alpha value is -0.800. The van der Waals surface area contributed by atoms with E-state index in [9.17, 15) is 0 Å². The van der Waals surface area contributed by atoms with Crippen LogP contribution in [-0.4, -0.2) is 18.6 Å². The molecule has 0 unspecified atom stereocenters. The Morgan fingerprint density at radius 2 is 2.33 bits per heavy atom. The van der Waals surface area contributed by atoms with Crippen molar-refractivity contribution >= 4 is 12.4 Å². The van der Waals surface area contributed by atoms with E-state index in [4.69, 9.17) is 10.5 Å². The van der Waals surface area contributed by atoms with E-state index in [1.54, 1.807) is 13.3 Å². The fourth-order valence-electron chi connectivity index (χ4n) is 0.884. The number of hydrogen-bond acceptors (Lipinski definition) is 3. The first kappa shape index (κ1) is 11.2. The minimum atomic E-state index is 0. The smallest absolute Gasteiger partial charge is 0.213 e. The maximum Gasteiger partial charge on any atom is 0.213 e. The molecule has 3 nitrogen and oxygen atoms in total. The van der Waals surface area contributed by atoms with Gasteiger partial charge in [0.2, 0.25) is 5.88 Å². The molecule has 0 aromatic carbocycles. The zero-order chi connectivity index (χ0) is 8.10. The summed E-state index contributed by atoms with van der Waals surface area (Å²) in [6.07, 6.45) is 2.60. The largest absolute Gasteiger partial charge is 0.481 e. The molecule has 1 heterocycles. The monoisotopic (exact) mass is 188 g/mol. The van der Waals surface area contributed by atoms with Crippen molar-refractivity contribution in [2.75, 3.05) is 13.7 Å². The highest BCUT2D eigenvalue weighted by Gasteiger charge is 1.94. The van der Waals surface area contributed by atoms with Crippen molar-refractivity contribution < 1.29 is 4.74 Å². The van der Waals surface area contributed by atoms with Crippen molar-refractivity contribution in [2.45, 2.75) is 6.42 Å². The van der Waals surface area contributed by atoms with Gasteiger partial charge in [0.1, 0.15) is 0 Å². The van der Waals surface area contributed by atoms with Gasteiger partial charge in [-0.3, -0.25) is 0 Å². The fraction of sp³-hybridized carbons (Fsp3) is 0.375. The zero-order valence-corrected chi connectivity index (χ0v) is 7.80. The van der Waals surface area contributed by atoms with Gasteiger partial charge < -0.3 is 10.5 Å². The summed E-state index contributed by atoms with van der Waals surface area (Å²) >= 11 is 0. The van der Waals surface area contributed by atoms with Crippen LogP contribution in [0, 0.1) is 0 Å². The lowest BCUT2D eigenvalue weighted by molar-refractivity contribution is 0.397. The number of aromatic nitrogens is 1. The summed E-state index contributed by atoms with van der Waals surface area (Å²) in [5.41, 5.74) is 6.56. The quantitative estimate of drug-likeness (QED) is 0.771. The van der Waals surface area contributed by atoms with E-state index >= 15 is 0 Å². The highest BCUT2D eigenvalue weighted by Crippen LogP contribution is 2.07. The molecule has 4 heteroatoms. The molecular weight excluding hydrogens is 176 g/mol. The van der Waals surface area contributed by atoms with Crippen LogP contribution < -0.4 is 10.5 Å². The number of halogens is 1. The SMILES string of the molecule is COc1cc(CCN)ccn1.Cl. The Labute approximate surface area is 78.4 Å². The summed E-state index contributed by atoms with van der Waals surface area (Å²) in [4.78, 5) is 3.98. The van der Waals surface area contributed by atoms with Crippen LogP contribution in [0.3, 0.4) is 0 Å². The molecule has 0 radical (unpaired) electrons. The highest BCUT2D eigenvalue weighted by atomic mass is 35.5. The second-order valence-corrected chi connectivity index (χ2v) is 2.25. The molecule has 12 heavy (non-hydrogen) atoms. The molecular formula is C8H13ClN2O. The van der Waals surface area contributed by atoms with Gasteiger partial charge in [0, 0.05) is 12.3 Å². The van der Waals surface area contributed by atoms with Crippen molar-refractivity contribution in [1.82, 2.24) is 4.98 Å². The first-order chi connectivity index (χ1) is 5.36. The Balaban J connectivity index is 0.00000121. The van der Waals surface area contributed by atoms with Gasteiger partial charge in [-0.15, -0.1) is 12.4 Å². The molecule has 1 aromatic heterocycles. The third-order valence-corrected chi connectivity index (χ3v) is 1.44. The molecule has 1 aromatic rings. The predicted octanol–water partition coefficient (Wildman–Crippen LogP) is 1.01.